The normalized spacial score (nSPS) is 11.2. The van der Waals surface area contributed by atoms with Gasteiger partial charge >= 0.3 is 0 Å². The summed E-state index contributed by atoms with van der Waals surface area (Å²) in [4.78, 5) is 22.0. The number of hydrogen-bond donors (Lipinski definition) is 1. The fourth-order valence-electron chi connectivity index (χ4n) is 3.32. The maximum absolute atomic E-state index is 12.6. The molecule has 2 aromatic carbocycles. The Bertz CT molecular complexity index is 1190. The van der Waals surface area contributed by atoms with Crippen molar-refractivity contribution in [1.29, 1.82) is 0 Å². The van der Waals surface area contributed by atoms with Gasteiger partial charge in [-0.3, -0.25) is 4.79 Å². The van der Waals surface area contributed by atoms with Crippen molar-refractivity contribution in [2.45, 2.75) is 20.3 Å². The van der Waals surface area contributed by atoms with Crippen LogP contribution in [0.4, 0.5) is 0 Å². The summed E-state index contributed by atoms with van der Waals surface area (Å²) in [6.45, 7) is 4.55. The molecule has 2 heterocycles. The number of nitrogens with one attached hydrogen (secondary N) is 1. The first kappa shape index (κ1) is 19.2. The number of H-pyrrole nitrogens is 1. The molecule has 1 N–H and O–H groups in total. The third-order valence-electron chi connectivity index (χ3n) is 5.02. The minimum atomic E-state index is -0.138. The molecule has 0 aliphatic heterocycles. The molecule has 6 nitrogen and oxygen atoms in total. The van der Waals surface area contributed by atoms with E-state index >= 15 is 0 Å². The van der Waals surface area contributed by atoms with Gasteiger partial charge in [0, 0.05) is 30.9 Å². The van der Waals surface area contributed by atoms with Crippen LogP contribution in [0.1, 0.15) is 27.3 Å². The zero-order valence-corrected chi connectivity index (χ0v) is 17.2. The van der Waals surface area contributed by atoms with Crippen LogP contribution in [0, 0.1) is 13.8 Å². The molecule has 2 aromatic heterocycles. The van der Waals surface area contributed by atoms with E-state index in [-0.39, 0.29) is 5.91 Å². The Morgan fingerprint density at radius 2 is 2.00 bits per heavy atom. The Morgan fingerprint density at radius 3 is 2.79 bits per heavy atom. The highest BCUT2D eigenvalue weighted by atomic mass is 35.5. The third kappa shape index (κ3) is 3.76. The van der Waals surface area contributed by atoms with E-state index in [0.717, 1.165) is 22.2 Å². The number of carbonyl (C=O) groups is 1. The van der Waals surface area contributed by atoms with Crippen molar-refractivity contribution < 1.29 is 9.32 Å². The van der Waals surface area contributed by atoms with Crippen LogP contribution in [0.5, 0.6) is 0 Å². The molecule has 0 saturated carbocycles. The number of aromatic amines is 1. The number of fused-ring (bicyclic) bond motifs is 1. The predicted octanol–water partition coefficient (Wildman–Crippen LogP) is 4.80. The minimum absolute atomic E-state index is 0.138. The Balaban J connectivity index is 1.48. The fraction of sp³-hybridized carbons (Fsp3) is 0.227. The molecule has 7 heteroatoms. The van der Waals surface area contributed by atoms with Gasteiger partial charge in [0.05, 0.1) is 10.6 Å². The van der Waals surface area contributed by atoms with Crippen LogP contribution in [0.15, 0.2) is 47.0 Å². The van der Waals surface area contributed by atoms with Gasteiger partial charge < -0.3 is 14.4 Å². The summed E-state index contributed by atoms with van der Waals surface area (Å²) in [6.07, 6.45) is 0.481. The Kier molecular flexibility index (Phi) is 5.11. The lowest BCUT2D eigenvalue weighted by Gasteiger charge is -2.16. The van der Waals surface area contributed by atoms with E-state index in [1.54, 1.807) is 36.2 Å². The molecule has 0 unspecified atom stereocenters. The van der Waals surface area contributed by atoms with Gasteiger partial charge in [-0.1, -0.05) is 40.5 Å². The van der Waals surface area contributed by atoms with Gasteiger partial charge in [0.1, 0.15) is 5.69 Å². The van der Waals surface area contributed by atoms with E-state index in [9.17, 15) is 4.79 Å². The molecule has 4 rings (SSSR count). The number of halogens is 1. The molecule has 0 saturated heterocycles. The Morgan fingerprint density at radius 1 is 1.21 bits per heavy atom. The lowest BCUT2D eigenvalue weighted by molar-refractivity contribution is 0.0796. The van der Waals surface area contributed by atoms with Crippen molar-refractivity contribution in [3.05, 3.63) is 70.0 Å². The van der Waals surface area contributed by atoms with Crippen molar-refractivity contribution in [3.8, 4) is 11.6 Å². The van der Waals surface area contributed by atoms with Crippen LogP contribution in [0.2, 0.25) is 5.02 Å². The van der Waals surface area contributed by atoms with E-state index in [1.807, 2.05) is 13.0 Å². The molecule has 0 fully saturated rings. The number of rotatable bonds is 5. The van der Waals surface area contributed by atoms with E-state index in [4.69, 9.17) is 16.1 Å². The van der Waals surface area contributed by atoms with Crippen molar-refractivity contribution in [2.75, 3.05) is 13.6 Å². The summed E-state index contributed by atoms with van der Waals surface area (Å²) in [5, 5.41) is 5.66. The van der Waals surface area contributed by atoms with Gasteiger partial charge in [-0.2, -0.15) is 4.98 Å². The summed E-state index contributed by atoms with van der Waals surface area (Å²) < 4.78 is 5.47. The maximum Gasteiger partial charge on any atom is 0.274 e. The molecule has 0 spiro atoms. The van der Waals surface area contributed by atoms with Crippen molar-refractivity contribution >= 4 is 28.4 Å². The van der Waals surface area contributed by atoms with Crippen LogP contribution in [0.25, 0.3) is 22.5 Å². The molecule has 0 bridgehead atoms. The summed E-state index contributed by atoms with van der Waals surface area (Å²) in [5.41, 5.74) is 4.61. The first-order chi connectivity index (χ1) is 13.9. The molecule has 0 aliphatic carbocycles. The highest BCUT2D eigenvalue weighted by molar-refractivity contribution is 6.33. The van der Waals surface area contributed by atoms with Crippen LogP contribution in [-0.2, 0) is 6.42 Å². The fourth-order valence-corrected chi connectivity index (χ4v) is 3.54. The van der Waals surface area contributed by atoms with Gasteiger partial charge in [0.2, 0.25) is 0 Å². The molecule has 0 aliphatic rings. The third-order valence-corrected chi connectivity index (χ3v) is 5.35. The number of aromatic nitrogens is 3. The first-order valence-electron chi connectivity index (χ1n) is 9.36. The molecular weight excluding hydrogens is 388 g/mol. The second kappa shape index (κ2) is 7.72. The van der Waals surface area contributed by atoms with E-state index in [0.29, 0.717) is 35.3 Å². The summed E-state index contributed by atoms with van der Waals surface area (Å²) >= 11 is 6.12. The van der Waals surface area contributed by atoms with Gasteiger partial charge in [-0.05, 0) is 43.7 Å². The van der Waals surface area contributed by atoms with Crippen LogP contribution in [-0.4, -0.2) is 39.5 Å². The average Bonchev–Trinajstić information content (AvgIpc) is 3.31. The summed E-state index contributed by atoms with van der Waals surface area (Å²) in [6, 6.07) is 13.3. The number of benzene rings is 2. The van der Waals surface area contributed by atoms with Crippen LogP contribution < -0.4 is 0 Å². The number of carbonyl (C=O) groups excluding carboxylic acids is 1. The topological polar surface area (TPSA) is 75.0 Å². The highest BCUT2D eigenvalue weighted by Gasteiger charge is 2.18. The van der Waals surface area contributed by atoms with E-state index in [1.165, 1.54) is 5.56 Å². The predicted molar refractivity (Wildman–Crippen MR) is 113 cm³/mol. The smallest absolute Gasteiger partial charge is 0.274 e. The van der Waals surface area contributed by atoms with Crippen molar-refractivity contribution in [2.24, 2.45) is 0 Å². The van der Waals surface area contributed by atoms with Gasteiger partial charge in [0.15, 0.2) is 5.82 Å². The molecule has 1 amide bonds. The largest absolute Gasteiger partial charge is 0.350 e. The second-order valence-corrected chi connectivity index (χ2v) is 7.55. The zero-order valence-electron chi connectivity index (χ0n) is 16.5. The number of amides is 1. The van der Waals surface area contributed by atoms with Crippen molar-refractivity contribution in [1.82, 2.24) is 20.0 Å². The number of hydrogen-bond acceptors (Lipinski definition) is 4. The molecule has 29 heavy (non-hydrogen) atoms. The number of aryl methyl sites for hydroxylation is 2. The maximum atomic E-state index is 12.6. The van der Waals surface area contributed by atoms with Gasteiger partial charge in [-0.25, -0.2) is 0 Å². The number of nitrogens with zero attached hydrogens (tertiary/aromatic N) is 3. The Labute approximate surface area is 173 Å². The standard InChI is InChI=1S/C22H21ClN4O2/c1-13-8-9-18-16(12-13)14(2)20(24-18)21-25-19(26-29-21)10-11-27(3)22(28)15-6-4-5-7-17(15)23/h4-9,12,24H,10-11H2,1-3H3. The van der Waals surface area contributed by atoms with Crippen molar-refractivity contribution in [3.63, 3.8) is 0 Å². The van der Waals surface area contributed by atoms with Gasteiger partial charge in [0.25, 0.3) is 11.8 Å². The number of likely N-dealkylation sites (N-methyl/N-ethyl adjacent to an activating group) is 1. The second-order valence-electron chi connectivity index (χ2n) is 7.15. The minimum Gasteiger partial charge on any atom is -0.350 e. The quantitative estimate of drug-likeness (QED) is 0.514. The molecule has 148 valence electrons. The molecule has 4 aromatic rings. The lowest BCUT2D eigenvalue weighted by atomic mass is 10.1. The molecular formula is C22H21ClN4O2. The average molecular weight is 409 g/mol. The van der Waals surface area contributed by atoms with E-state index < -0.39 is 0 Å². The molecule has 0 atom stereocenters. The summed E-state index contributed by atoms with van der Waals surface area (Å²) in [7, 11) is 1.73. The highest BCUT2D eigenvalue weighted by Crippen LogP contribution is 2.29. The van der Waals surface area contributed by atoms with Crippen LogP contribution >= 0.6 is 11.6 Å². The summed E-state index contributed by atoms with van der Waals surface area (Å²) in [5.74, 6) is 0.862. The van der Waals surface area contributed by atoms with Crippen LogP contribution in [0.3, 0.4) is 0 Å². The van der Waals surface area contributed by atoms with Gasteiger partial charge in [-0.15, -0.1) is 0 Å². The molecule has 0 radical (unpaired) electrons. The first-order valence-corrected chi connectivity index (χ1v) is 9.73. The Hall–Kier alpha value is -3.12. The lowest BCUT2D eigenvalue weighted by Crippen LogP contribution is -2.29. The zero-order chi connectivity index (χ0) is 20.5. The SMILES string of the molecule is Cc1ccc2[nH]c(-c3nc(CCN(C)C(=O)c4ccccc4Cl)no3)c(C)c2c1. The van der Waals surface area contributed by atoms with E-state index in [2.05, 4.69) is 34.2 Å². The monoisotopic (exact) mass is 408 g/mol.